The molecule has 2 saturated heterocycles. The minimum absolute atomic E-state index is 0.0547. The standard InChI is InChI=1S/C55H65ClN6O4S2/c1-5-6-28-62-40(3)53(41(4)63)54(55(62)42-15-17-44(56)18-16-42)43-11-10-12-48(37-43)61-34-32-60(33-35-61)47-21-19-45(20-22-47)58-68(65,66)51-23-24-52(39(2)36-51)57-46(38-67-50-13-8-7-9-14-50)25-29-59-30-26-49(64)27-31-59/h7-24,36-37,46,49,57-58,64H,5-6,25-35,38H2,1-4H3/t46-/m1/s1. The van der Waals surface area contributed by atoms with Crippen molar-refractivity contribution in [3.63, 3.8) is 0 Å². The summed E-state index contributed by atoms with van der Waals surface area (Å²) in [6, 6.07) is 40.0. The maximum absolute atomic E-state index is 13.7. The molecule has 0 unspecified atom stereocenters. The number of carbonyl (C=O) groups excluding carboxylic acids is 1. The zero-order valence-corrected chi connectivity index (χ0v) is 42.1. The number of piperazine rings is 1. The average Bonchev–Trinajstić information content (AvgIpc) is 3.65. The molecule has 358 valence electrons. The molecule has 13 heteroatoms. The van der Waals surface area contributed by atoms with Crippen LogP contribution in [0.25, 0.3) is 22.4 Å². The monoisotopic (exact) mass is 972 g/mol. The Morgan fingerprint density at radius 3 is 2.15 bits per heavy atom. The van der Waals surface area contributed by atoms with Crippen molar-refractivity contribution < 1.29 is 18.3 Å². The van der Waals surface area contributed by atoms with Crippen molar-refractivity contribution in [2.45, 2.75) is 88.3 Å². The van der Waals surface area contributed by atoms with E-state index in [4.69, 9.17) is 11.6 Å². The Morgan fingerprint density at radius 1 is 0.794 bits per heavy atom. The van der Waals surface area contributed by atoms with Gasteiger partial charge in [-0.05, 0) is 142 Å². The number of ketones is 1. The highest BCUT2D eigenvalue weighted by molar-refractivity contribution is 7.99. The number of nitrogens with one attached hydrogen (secondary N) is 2. The Hall–Kier alpha value is -5.24. The van der Waals surface area contributed by atoms with Crippen LogP contribution in [-0.2, 0) is 16.6 Å². The normalized spacial score (nSPS) is 15.4. The first-order valence-electron chi connectivity index (χ1n) is 24.1. The maximum Gasteiger partial charge on any atom is 0.261 e. The number of aliphatic hydroxyl groups excluding tert-OH is 1. The molecule has 2 aliphatic heterocycles. The Bertz CT molecular complexity index is 2750. The molecular formula is C55H65ClN6O4S2. The number of anilines is 4. The Labute approximate surface area is 412 Å². The minimum atomic E-state index is -3.84. The molecule has 5 aromatic carbocycles. The zero-order valence-electron chi connectivity index (χ0n) is 39.8. The van der Waals surface area contributed by atoms with Gasteiger partial charge in [0.05, 0.1) is 16.7 Å². The molecule has 2 aliphatic rings. The number of aryl methyl sites for hydroxylation is 1. The first-order chi connectivity index (χ1) is 32.9. The van der Waals surface area contributed by atoms with Gasteiger partial charge < -0.3 is 29.7 Å². The molecule has 0 aliphatic carbocycles. The van der Waals surface area contributed by atoms with E-state index in [0.717, 1.165) is 146 Å². The summed E-state index contributed by atoms with van der Waals surface area (Å²) in [5.74, 6) is 0.923. The molecule has 0 radical (unpaired) electrons. The molecule has 8 rings (SSSR count). The van der Waals surface area contributed by atoms with E-state index in [-0.39, 0.29) is 22.8 Å². The van der Waals surface area contributed by atoms with E-state index in [2.05, 4.69) is 91.7 Å². The van der Waals surface area contributed by atoms with E-state index >= 15 is 0 Å². The number of unbranched alkanes of at least 4 members (excludes halogenated alkanes) is 1. The number of aromatic nitrogens is 1. The van der Waals surface area contributed by atoms with Gasteiger partial charge in [-0.15, -0.1) is 11.8 Å². The number of sulfonamides is 1. The van der Waals surface area contributed by atoms with Crippen LogP contribution in [0.4, 0.5) is 22.7 Å². The molecule has 1 atom stereocenters. The average molecular weight is 974 g/mol. The highest BCUT2D eigenvalue weighted by atomic mass is 35.5. The topological polar surface area (TPSA) is 110 Å². The number of thioether (sulfide) groups is 1. The third-order valence-corrected chi connectivity index (χ3v) is 16.2. The highest BCUT2D eigenvalue weighted by Crippen LogP contribution is 2.41. The lowest BCUT2D eigenvalue weighted by Crippen LogP contribution is -2.46. The van der Waals surface area contributed by atoms with Crippen LogP contribution >= 0.6 is 23.4 Å². The van der Waals surface area contributed by atoms with E-state index in [1.807, 2.05) is 79.3 Å². The predicted octanol–water partition coefficient (Wildman–Crippen LogP) is 11.6. The molecule has 3 N–H and O–H groups in total. The smallest absolute Gasteiger partial charge is 0.261 e. The summed E-state index contributed by atoms with van der Waals surface area (Å²) in [5.41, 5.74) is 10.3. The third-order valence-electron chi connectivity index (χ3n) is 13.4. The molecular weight excluding hydrogens is 908 g/mol. The largest absolute Gasteiger partial charge is 0.393 e. The second kappa shape index (κ2) is 22.5. The lowest BCUT2D eigenvalue weighted by atomic mass is 9.94. The maximum atomic E-state index is 13.7. The number of hydrogen-bond acceptors (Lipinski definition) is 9. The van der Waals surface area contributed by atoms with Crippen molar-refractivity contribution in [1.82, 2.24) is 9.47 Å². The van der Waals surface area contributed by atoms with E-state index in [1.54, 1.807) is 19.1 Å². The van der Waals surface area contributed by atoms with Gasteiger partial charge in [0.2, 0.25) is 0 Å². The van der Waals surface area contributed by atoms with E-state index in [9.17, 15) is 18.3 Å². The number of likely N-dealkylation sites (tertiary alicyclic amines) is 1. The van der Waals surface area contributed by atoms with Gasteiger partial charge in [0.1, 0.15) is 0 Å². The summed E-state index contributed by atoms with van der Waals surface area (Å²) in [7, 11) is -3.84. The van der Waals surface area contributed by atoms with Crippen LogP contribution in [0.1, 0.15) is 67.6 Å². The number of nitrogens with zero attached hydrogens (tertiary/aromatic N) is 4. The zero-order chi connectivity index (χ0) is 47.8. The number of halogens is 1. The summed E-state index contributed by atoms with van der Waals surface area (Å²) < 4.78 is 32.6. The second-order valence-electron chi connectivity index (χ2n) is 18.2. The number of carbonyl (C=O) groups is 1. The molecule has 3 heterocycles. The van der Waals surface area contributed by atoms with Crippen molar-refractivity contribution in [3.05, 3.63) is 143 Å². The molecule has 0 amide bonds. The molecule has 68 heavy (non-hydrogen) atoms. The summed E-state index contributed by atoms with van der Waals surface area (Å²) in [6.07, 6.45) is 4.42. The fraction of sp³-hybridized carbons (Fsp3) is 0.364. The van der Waals surface area contributed by atoms with Crippen molar-refractivity contribution in [2.75, 3.05) is 71.4 Å². The molecule has 6 aromatic rings. The number of hydrogen-bond donors (Lipinski definition) is 3. The van der Waals surface area contributed by atoms with Gasteiger partial charge in [-0.25, -0.2) is 8.42 Å². The number of piperidine rings is 1. The molecule has 2 fully saturated rings. The fourth-order valence-electron chi connectivity index (χ4n) is 9.56. The Morgan fingerprint density at radius 2 is 1.49 bits per heavy atom. The second-order valence-corrected chi connectivity index (χ2v) is 21.4. The summed E-state index contributed by atoms with van der Waals surface area (Å²) in [6.45, 7) is 14.6. The Kier molecular flexibility index (Phi) is 16.2. The van der Waals surface area contributed by atoms with Crippen LogP contribution in [0.15, 0.2) is 131 Å². The van der Waals surface area contributed by atoms with Crippen LogP contribution in [0.3, 0.4) is 0 Å². The SMILES string of the molecule is CCCCn1c(C)c(C(C)=O)c(-c2cccc(N3CCN(c4ccc(NS(=O)(=O)c5ccc(N[C@H](CCN6CCC(O)CC6)CSc6ccccc6)c(C)c5)cc4)CC3)c2)c1-c1ccc(Cl)cc1. The van der Waals surface area contributed by atoms with Crippen molar-refractivity contribution in [3.8, 4) is 22.4 Å². The lowest BCUT2D eigenvalue weighted by Gasteiger charge is -2.37. The first-order valence-corrected chi connectivity index (χ1v) is 26.9. The van der Waals surface area contributed by atoms with Gasteiger partial charge in [-0.1, -0.05) is 67.4 Å². The Balaban J connectivity index is 0.906. The predicted molar refractivity (Wildman–Crippen MR) is 284 cm³/mol. The minimum Gasteiger partial charge on any atom is -0.393 e. The first kappa shape index (κ1) is 49.2. The quantitative estimate of drug-likeness (QED) is 0.0540. The summed E-state index contributed by atoms with van der Waals surface area (Å²) >= 11 is 8.15. The number of rotatable bonds is 19. The molecule has 0 bridgehead atoms. The van der Waals surface area contributed by atoms with E-state index in [1.165, 1.54) is 4.90 Å². The lowest BCUT2D eigenvalue weighted by molar-refractivity contribution is 0.0817. The van der Waals surface area contributed by atoms with Gasteiger partial charge in [-0.2, -0.15) is 0 Å². The van der Waals surface area contributed by atoms with Gasteiger partial charge in [0.25, 0.3) is 10.0 Å². The number of benzene rings is 5. The fourth-order valence-corrected chi connectivity index (χ4v) is 11.8. The molecule has 1 aromatic heterocycles. The van der Waals surface area contributed by atoms with Gasteiger partial charge >= 0.3 is 0 Å². The molecule has 0 spiro atoms. The van der Waals surface area contributed by atoms with E-state index in [0.29, 0.717) is 10.7 Å². The van der Waals surface area contributed by atoms with Crippen LogP contribution in [0.5, 0.6) is 0 Å². The highest BCUT2D eigenvalue weighted by Gasteiger charge is 2.27. The van der Waals surface area contributed by atoms with Crippen LogP contribution in [0.2, 0.25) is 5.02 Å². The molecule has 10 nitrogen and oxygen atoms in total. The third kappa shape index (κ3) is 11.9. The van der Waals surface area contributed by atoms with E-state index < -0.39 is 10.0 Å². The molecule has 0 saturated carbocycles. The van der Waals surface area contributed by atoms with Crippen LogP contribution < -0.4 is 19.8 Å². The van der Waals surface area contributed by atoms with Crippen LogP contribution in [0, 0.1) is 13.8 Å². The van der Waals surface area contributed by atoms with Gasteiger partial charge in [0.15, 0.2) is 5.78 Å². The van der Waals surface area contributed by atoms with Gasteiger partial charge in [0, 0.05) is 114 Å². The van der Waals surface area contributed by atoms with Crippen LogP contribution in [-0.4, -0.2) is 92.5 Å². The number of aliphatic hydroxyl groups is 1. The van der Waals surface area contributed by atoms with Crippen molar-refractivity contribution in [1.29, 1.82) is 0 Å². The summed E-state index contributed by atoms with van der Waals surface area (Å²) in [5, 5.41) is 14.4. The van der Waals surface area contributed by atoms with Gasteiger partial charge in [-0.3, -0.25) is 9.52 Å². The number of Topliss-reactive ketones (excluding diaryl/α,β-unsaturated/α-hetero) is 1. The van der Waals surface area contributed by atoms with Crippen molar-refractivity contribution in [2.24, 2.45) is 0 Å². The summed E-state index contributed by atoms with van der Waals surface area (Å²) in [4.78, 5) is 22.0. The van der Waals surface area contributed by atoms with Crippen molar-refractivity contribution >= 4 is 61.9 Å².